The molecule has 27 heavy (non-hydrogen) atoms. The van der Waals surface area contributed by atoms with E-state index in [4.69, 9.17) is 9.47 Å². The molecule has 8 nitrogen and oxygen atoms in total. The van der Waals surface area contributed by atoms with Gasteiger partial charge in [-0.15, -0.1) is 0 Å². The summed E-state index contributed by atoms with van der Waals surface area (Å²) in [5.74, 6) is -0.149. The van der Waals surface area contributed by atoms with Crippen LogP contribution >= 0.6 is 0 Å². The van der Waals surface area contributed by atoms with Gasteiger partial charge in [0.15, 0.2) is 0 Å². The van der Waals surface area contributed by atoms with Crippen LogP contribution in [0.3, 0.4) is 0 Å². The molecular weight excluding hydrogens is 348 g/mol. The maximum Gasteiger partial charge on any atom is 0.312 e. The van der Waals surface area contributed by atoms with Crippen molar-refractivity contribution < 1.29 is 19.1 Å². The van der Waals surface area contributed by atoms with Gasteiger partial charge in [-0.25, -0.2) is 0 Å². The van der Waals surface area contributed by atoms with Crippen molar-refractivity contribution in [3.8, 4) is 5.75 Å². The lowest BCUT2D eigenvalue weighted by atomic mass is 10.2. The third-order valence-corrected chi connectivity index (χ3v) is 5.00. The number of benzene rings is 1. The van der Waals surface area contributed by atoms with E-state index in [0.29, 0.717) is 32.7 Å². The first kappa shape index (κ1) is 19.4. The fourth-order valence-corrected chi connectivity index (χ4v) is 3.41. The van der Waals surface area contributed by atoms with Crippen LogP contribution in [0.1, 0.15) is 0 Å². The van der Waals surface area contributed by atoms with E-state index in [1.807, 2.05) is 24.3 Å². The first-order chi connectivity index (χ1) is 13.2. The zero-order valence-corrected chi connectivity index (χ0v) is 15.9. The van der Waals surface area contributed by atoms with E-state index in [2.05, 4.69) is 15.1 Å². The number of hydrogen-bond donors (Lipinski definition) is 1. The molecule has 2 aliphatic heterocycles. The number of anilines is 1. The summed E-state index contributed by atoms with van der Waals surface area (Å²) >= 11 is 0. The topological polar surface area (TPSA) is 74.4 Å². The summed E-state index contributed by atoms with van der Waals surface area (Å²) < 4.78 is 10.7. The minimum absolute atomic E-state index is 0.448. The predicted molar refractivity (Wildman–Crippen MR) is 102 cm³/mol. The van der Waals surface area contributed by atoms with Crippen LogP contribution in [0.25, 0.3) is 0 Å². The van der Waals surface area contributed by atoms with Crippen molar-refractivity contribution in [1.29, 1.82) is 0 Å². The lowest BCUT2D eigenvalue weighted by Crippen LogP contribution is -2.53. The van der Waals surface area contributed by atoms with Gasteiger partial charge in [0.25, 0.3) is 0 Å². The van der Waals surface area contributed by atoms with Crippen molar-refractivity contribution in [2.24, 2.45) is 0 Å². The van der Waals surface area contributed by atoms with Crippen molar-refractivity contribution in [2.45, 2.75) is 0 Å². The van der Waals surface area contributed by atoms with Gasteiger partial charge in [-0.1, -0.05) is 12.1 Å². The molecule has 0 saturated carbocycles. The van der Waals surface area contributed by atoms with Crippen molar-refractivity contribution >= 4 is 17.5 Å². The number of rotatable bonds is 5. The fraction of sp³-hybridized carbons (Fsp3) is 0.579. The minimum atomic E-state index is -0.519. The van der Waals surface area contributed by atoms with Crippen molar-refractivity contribution in [3.05, 3.63) is 24.3 Å². The molecule has 1 aromatic rings. The average Bonchev–Trinajstić information content (AvgIpc) is 2.74. The summed E-state index contributed by atoms with van der Waals surface area (Å²) in [6.45, 7) is 6.80. The van der Waals surface area contributed by atoms with E-state index in [0.717, 1.165) is 44.3 Å². The number of morpholine rings is 1. The van der Waals surface area contributed by atoms with Gasteiger partial charge in [-0.3, -0.25) is 14.5 Å². The summed E-state index contributed by atoms with van der Waals surface area (Å²) in [5.41, 5.74) is 1.02. The van der Waals surface area contributed by atoms with E-state index in [1.165, 1.54) is 0 Å². The molecule has 1 N–H and O–H groups in total. The van der Waals surface area contributed by atoms with Crippen molar-refractivity contribution in [1.82, 2.24) is 15.1 Å². The van der Waals surface area contributed by atoms with Crippen LogP contribution in [-0.4, -0.2) is 94.3 Å². The van der Waals surface area contributed by atoms with Gasteiger partial charge in [0.2, 0.25) is 0 Å². The summed E-state index contributed by atoms with van der Waals surface area (Å²) in [6, 6.07) is 7.84. The third kappa shape index (κ3) is 5.11. The maximum atomic E-state index is 12.4. The molecule has 0 unspecified atom stereocenters. The van der Waals surface area contributed by atoms with Crippen LogP contribution in [0.2, 0.25) is 0 Å². The minimum Gasteiger partial charge on any atom is -0.495 e. The largest absolute Gasteiger partial charge is 0.495 e. The number of piperazine rings is 1. The molecule has 3 rings (SSSR count). The molecule has 8 heteroatoms. The number of nitrogens with one attached hydrogen (secondary N) is 1. The Labute approximate surface area is 160 Å². The Kier molecular flexibility index (Phi) is 6.89. The molecule has 2 amide bonds. The van der Waals surface area contributed by atoms with Crippen LogP contribution in [0.4, 0.5) is 5.69 Å². The van der Waals surface area contributed by atoms with Gasteiger partial charge in [0.05, 0.1) is 26.0 Å². The van der Waals surface area contributed by atoms with Crippen LogP contribution < -0.4 is 15.0 Å². The first-order valence-electron chi connectivity index (χ1n) is 9.44. The highest BCUT2D eigenvalue weighted by Crippen LogP contribution is 2.28. The maximum absolute atomic E-state index is 12.4. The number of methoxy groups -OCH3 is 1. The second-order valence-corrected chi connectivity index (χ2v) is 6.66. The highest BCUT2D eigenvalue weighted by molar-refractivity contribution is 6.35. The van der Waals surface area contributed by atoms with E-state index in [1.54, 1.807) is 12.0 Å². The number of carbonyl (C=O) groups excluding carboxylic acids is 2. The number of para-hydroxylation sites is 2. The lowest BCUT2D eigenvalue weighted by Gasteiger charge is -2.36. The van der Waals surface area contributed by atoms with Gasteiger partial charge in [-0.2, -0.15) is 0 Å². The SMILES string of the molecule is COc1ccccc1N1CCN(C(=O)C(=O)NCCN2CCOCC2)CC1. The Morgan fingerprint density at radius 2 is 1.78 bits per heavy atom. The van der Waals surface area contributed by atoms with Gasteiger partial charge in [0.1, 0.15) is 5.75 Å². The smallest absolute Gasteiger partial charge is 0.312 e. The van der Waals surface area contributed by atoms with E-state index in [-0.39, 0.29) is 0 Å². The summed E-state index contributed by atoms with van der Waals surface area (Å²) in [6.07, 6.45) is 0. The highest BCUT2D eigenvalue weighted by atomic mass is 16.5. The number of nitrogens with zero attached hydrogens (tertiary/aromatic N) is 3. The Bertz CT molecular complexity index is 640. The molecule has 0 aliphatic carbocycles. The van der Waals surface area contributed by atoms with Gasteiger partial charge >= 0.3 is 11.8 Å². The quantitative estimate of drug-likeness (QED) is 0.717. The molecule has 0 spiro atoms. The molecule has 2 fully saturated rings. The Morgan fingerprint density at radius 3 is 2.48 bits per heavy atom. The second-order valence-electron chi connectivity index (χ2n) is 6.66. The molecule has 0 aromatic heterocycles. The first-order valence-corrected chi connectivity index (χ1v) is 9.44. The zero-order chi connectivity index (χ0) is 19.1. The van der Waals surface area contributed by atoms with Crippen LogP contribution in [0.5, 0.6) is 5.75 Å². The lowest BCUT2D eigenvalue weighted by molar-refractivity contribution is -0.146. The molecule has 0 bridgehead atoms. The van der Waals surface area contributed by atoms with Crippen LogP contribution in [0.15, 0.2) is 24.3 Å². The Hall–Kier alpha value is -2.32. The van der Waals surface area contributed by atoms with Gasteiger partial charge < -0.3 is 24.6 Å². The number of carbonyl (C=O) groups is 2. The summed E-state index contributed by atoms with van der Waals surface area (Å²) in [4.78, 5) is 30.6. The molecule has 1 aromatic carbocycles. The predicted octanol–water partition coefficient (Wildman–Crippen LogP) is -0.208. The third-order valence-electron chi connectivity index (χ3n) is 5.00. The number of hydrogen-bond acceptors (Lipinski definition) is 6. The van der Waals surface area contributed by atoms with Crippen molar-refractivity contribution in [3.63, 3.8) is 0 Å². The number of ether oxygens (including phenoxy) is 2. The monoisotopic (exact) mass is 376 g/mol. The van der Waals surface area contributed by atoms with Crippen molar-refractivity contribution in [2.75, 3.05) is 77.6 Å². The Morgan fingerprint density at radius 1 is 1.07 bits per heavy atom. The highest BCUT2D eigenvalue weighted by Gasteiger charge is 2.26. The molecule has 2 heterocycles. The van der Waals surface area contributed by atoms with Crippen LogP contribution in [0, 0.1) is 0 Å². The van der Waals surface area contributed by atoms with E-state index < -0.39 is 11.8 Å². The average molecular weight is 376 g/mol. The molecular formula is C19H28N4O4. The van der Waals surface area contributed by atoms with Crippen LogP contribution in [-0.2, 0) is 14.3 Å². The van der Waals surface area contributed by atoms with E-state index >= 15 is 0 Å². The molecule has 0 radical (unpaired) electrons. The van der Waals surface area contributed by atoms with Gasteiger partial charge in [0, 0.05) is 52.4 Å². The second kappa shape index (κ2) is 9.57. The van der Waals surface area contributed by atoms with Gasteiger partial charge in [-0.05, 0) is 12.1 Å². The normalized spacial score (nSPS) is 18.3. The Balaban J connectivity index is 1.43. The number of amides is 2. The summed E-state index contributed by atoms with van der Waals surface area (Å²) in [7, 11) is 1.65. The molecule has 2 saturated heterocycles. The zero-order valence-electron chi connectivity index (χ0n) is 15.9. The van der Waals surface area contributed by atoms with E-state index in [9.17, 15) is 9.59 Å². The molecule has 0 atom stereocenters. The molecule has 148 valence electrons. The standard InChI is InChI=1S/C19H28N4O4/c1-26-17-5-3-2-4-16(17)22-8-10-23(11-9-22)19(25)18(24)20-6-7-21-12-14-27-15-13-21/h2-5H,6-15H2,1H3,(H,20,24). The molecule has 2 aliphatic rings. The summed E-state index contributed by atoms with van der Waals surface area (Å²) in [5, 5.41) is 2.74. The fourth-order valence-electron chi connectivity index (χ4n) is 3.41.